The van der Waals surface area contributed by atoms with E-state index in [1.165, 1.54) is 4.31 Å². The second-order valence-corrected chi connectivity index (χ2v) is 9.24. The van der Waals surface area contributed by atoms with Crippen molar-refractivity contribution in [1.29, 1.82) is 0 Å². The zero-order valence-electron chi connectivity index (χ0n) is 17.2. The van der Waals surface area contributed by atoms with Crippen molar-refractivity contribution in [2.24, 2.45) is 0 Å². The van der Waals surface area contributed by atoms with Crippen molar-refractivity contribution in [3.63, 3.8) is 0 Å². The molecule has 156 valence electrons. The van der Waals surface area contributed by atoms with Gasteiger partial charge in [0.2, 0.25) is 10.0 Å². The monoisotopic (exact) mass is 416 g/mol. The first-order valence-electron chi connectivity index (χ1n) is 9.90. The average molecular weight is 417 g/mol. The van der Waals surface area contributed by atoms with Crippen molar-refractivity contribution < 1.29 is 17.9 Å². The number of benzene rings is 2. The van der Waals surface area contributed by atoms with Crippen molar-refractivity contribution in [3.8, 4) is 5.75 Å². The van der Waals surface area contributed by atoms with E-state index in [1.54, 1.807) is 48.4 Å². The molecule has 0 saturated carbocycles. The third-order valence-corrected chi connectivity index (χ3v) is 7.45. The summed E-state index contributed by atoms with van der Waals surface area (Å²) in [5.41, 5.74) is 1.68. The Morgan fingerprint density at radius 3 is 2.31 bits per heavy atom. The van der Waals surface area contributed by atoms with Crippen LogP contribution in [0.2, 0.25) is 0 Å². The third kappa shape index (κ3) is 4.62. The molecule has 1 atom stereocenters. The molecule has 1 heterocycles. The van der Waals surface area contributed by atoms with Gasteiger partial charge in [0.25, 0.3) is 5.91 Å². The van der Waals surface area contributed by atoms with Crippen LogP contribution in [-0.2, 0) is 10.0 Å². The molecule has 0 bridgehead atoms. The van der Waals surface area contributed by atoms with Crippen molar-refractivity contribution in [2.75, 3.05) is 33.3 Å². The molecule has 1 aliphatic heterocycles. The van der Waals surface area contributed by atoms with Gasteiger partial charge in [-0.2, -0.15) is 4.31 Å². The molecule has 1 fully saturated rings. The quantitative estimate of drug-likeness (QED) is 0.724. The largest absolute Gasteiger partial charge is 0.497 e. The number of carbonyl (C=O) groups excluding carboxylic acids is 1. The Morgan fingerprint density at radius 1 is 1.07 bits per heavy atom. The number of piperazine rings is 1. The number of sulfonamides is 1. The van der Waals surface area contributed by atoms with E-state index in [4.69, 9.17) is 4.74 Å². The minimum atomic E-state index is -3.56. The van der Waals surface area contributed by atoms with Crippen LogP contribution >= 0.6 is 0 Å². The van der Waals surface area contributed by atoms with Crippen molar-refractivity contribution in [1.82, 2.24) is 9.21 Å². The molecule has 7 heteroatoms. The number of ether oxygens (including phenoxy) is 1. The molecule has 0 spiro atoms. The Kier molecular flexibility index (Phi) is 6.59. The van der Waals surface area contributed by atoms with Gasteiger partial charge in [-0.3, -0.25) is 4.79 Å². The lowest BCUT2D eigenvalue weighted by molar-refractivity contribution is 0.0697. The molecule has 1 saturated heterocycles. The van der Waals surface area contributed by atoms with Gasteiger partial charge in [0.15, 0.2) is 0 Å². The van der Waals surface area contributed by atoms with E-state index in [9.17, 15) is 13.2 Å². The lowest BCUT2D eigenvalue weighted by Gasteiger charge is -2.34. The molecule has 0 aliphatic carbocycles. The Bertz CT molecular complexity index is 949. The van der Waals surface area contributed by atoms with Gasteiger partial charge in [-0.05, 0) is 48.2 Å². The number of hydrogen-bond donors (Lipinski definition) is 0. The molecule has 1 aliphatic rings. The highest BCUT2D eigenvalue weighted by atomic mass is 32.2. The van der Waals surface area contributed by atoms with E-state index >= 15 is 0 Å². The number of carbonyl (C=O) groups is 1. The first kappa shape index (κ1) is 21.3. The maximum absolute atomic E-state index is 13.0. The molecule has 0 radical (unpaired) electrons. The summed E-state index contributed by atoms with van der Waals surface area (Å²) in [6.07, 6.45) is 1.01. The van der Waals surface area contributed by atoms with Crippen LogP contribution in [-0.4, -0.2) is 56.8 Å². The standard InChI is InChI=1S/C22H28N2O4S/c1-4-17(2)18-8-10-21(11-9-18)29(26,27)24-14-12-23(13-15-24)22(25)19-6-5-7-20(16-19)28-3/h5-11,16-17H,4,12-15H2,1-3H3/t17-/m1/s1. The van der Waals surface area contributed by atoms with Crippen LogP contribution in [0.1, 0.15) is 42.1 Å². The Labute approximate surface area is 173 Å². The predicted octanol–water partition coefficient (Wildman–Crippen LogP) is 3.36. The molecule has 2 aromatic rings. The van der Waals surface area contributed by atoms with Gasteiger partial charge < -0.3 is 9.64 Å². The minimum Gasteiger partial charge on any atom is -0.497 e. The Balaban J connectivity index is 1.67. The van der Waals surface area contributed by atoms with Crippen molar-refractivity contribution in [3.05, 3.63) is 59.7 Å². The maximum Gasteiger partial charge on any atom is 0.254 e. The summed E-state index contributed by atoms with van der Waals surface area (Å²) in [4.78, 5) is 14.7. The van der Waals surface area contributed by atoms with Crippen LogP contribution in [0.15, 0.2) is 53.4 Å². The lowest BCUT2D eigenvalue weighted by Crippen LogP contribution is -2.50. The van der Waals surface area contributed by atoms with Crippen LogP contribution in [0, 0.1) is 0 Å². The summed E-state index contributed by atoms with van der Waals surface area (Å²) >= 11 is 0. The molecule has 2 aromatic carbocycles. The van der Waals surface area contributed by atoms with Gasteiger partial charge in [0.1, 0.15) is 5.75 Å². The van der Waals surface area contributed by atoms with Crippen molar-refractivity contribution >= 4 is 15.9 Å². The topological polar surface area (TPSA) is 66.9 Å². The summed E-state index contributed by atoms with van der Waals surface area (Å²) in [6.45, 7) is 5.53. The van der Waals surface area contributed by atoms with Crippen LogP contribution in [0.25, 0.3) is 0 Å². The van der Waals surface area contributed by atoms with E-state index in [1.807, 2.05) is 12.1 Å². The lowest BCUT2D eigenvalue weighted by atomic mass is 9.99. The fourth-order valence-corrected chi connectivity index (χ4v) is 4.85. The zero-order valence-corrected chi connectivity index (χ0v) is 18.0. The van der Waals surface area contributed by atoms with E-state index in [2.05, 4.69) is 13.8 Å². The molecule has 3 rings (SSSR count). The fourth-order valence-electron chi connectivity index (χ4n) is 3.42. The average Bonchev–Trinajstić information content (AvgIpc) is 2.78. The predicted molar refractivity (Wildman–Crippen MR) is 113 cm³/mol. The molecule has 6 nitrogen and oxygen atoms in total. The molecular formula is C22H28N2O4S. The minimum absolute atomic E-state index is 0.112. The maximum atomic E-state index is 13.0. The first-order valence-corrected chi connectivity index (χ1v) is 11.3. The highest BCUT2D eigenvalue weighted by Gasteiger charge is 2.30. The SMILES string of the molecule is CC[C@@H](C)c1ccc(S(=O)(=O)N2CCN(C(=O)c3cccc(OC)c3)CC2)cc1. The smallest absolute Gasteiger partial charge is 0.254 e. The van der Waals surface area contributed by atoms with Crippen LogP contribution < -0.4 is 4.74 Å². The van der Waals surface area contributed by atoms with Crippen molar-refractivity contribution in [2.45, 2.75) is 31.1 Å². The van der Waals surface area contributed by atoms with E-state index in [0.29, 0.717) is 35.2 Å². The first-order chi connectivity index (χ1) is 13.9. The summed E-state index contributed by atoms with van der Waals surface area (Å²) in [7, 11) is -2.00. The van der Waals surface area contributed by atoms with Crippen LogP contribution in [0.3, 0.4) is 0 Å². The molecule has 0 unspecified atom stereocenters. The second-order valence-electron chi connectivity index (χ2n) is 7.31. The number of hydrogen-bond acceptors (Lipinski definition) is 4. The third-order valence-electron chi connectivity index (χ3n) is 5.54. The van der Waals surface area contributed by atoms with Gasteiger partial charge in [-0.1, -0.05) is 32.0 Å². The number of rotatable bonds is 6. The molecular weight excluding hydrogens is 388 g/mol. The Morgan fingerprint density at radius 2 is 1.72 bits per heavy atom. The van der Waals surface area contributed by atoms with Gasteiger partial charge in [-0.25, -0.2) is 8.42 Å². The van der Waals surface area contributed by atoms with Crippen LogP contribution in [0.4, 0.5) is 0 Å². The molecule has 0 N–H and O–H groups in total. The molecule has 29 heavy (non-hydrogen) atoms. The van der Waals surface area contributed by atoms with E-state index < -0.39 is 10.0 Å². The Hall–Kier alpha value is -2.38. The zero-order chi connectivity index (χ0) is 21.0. The normalized spacial score (nSPS) is 16.4. The number of amides is 1. The molecule has 1 amide bonds. The molecule has 0 aromatic heterocycles. The summed E-state index contributed by atoms with van der Waals surface area (Å²) in [6, 6.07) is 14.2. The van der Waals surface area contributed by atoms with Crippen LogP contribution in [0.5, 0.6) is 5.75 Å². The second kappa shape index (κ2) is 8.97. The number of nitrogens with zero attached hydrogens (tertiary/aromatic N) is 2. The van der Waals surface area contributed by atoms with Gasteiger partial charge in [0.05, 0.1) is 12.0 Å². The van der Waals surface area contributed by atoms with Gasteiger partial charge in [0, 0.05) is 31.7 Å². The highest BCUT2D eigenvalue weighted by molar-refractivity contribution is 7.89. The summed E-state index contributed by atoms with van der Waals surface area (Å²) < 4.78 is 32.6. The van der Waals surface area contributed by atoms with Gasteiger partial charge >= 0.3 is 0 Å². The summed E-state index contributed by atoms with van der Waals surface area (Å²) in [5.74, 6) is 0.912. The summed E-state index contributed by atoms with van der Waals surface area (Å²) in [5, 5.41) is 0. The van der Waals surface area contributed by atoms with E-state index in [0.717, 1.165) is 12.0 Å². The fraction of sp³-hybridized carbons (Fsp3) is 0.409. The highest BCUT2D eigenvalue weighted by Crippen LogP contribution is 2.23. The number of methoxy groups -OCH3 is 1. The van der Waals surface area contributed by atoms with Gasteiger partial charge in [-0.15, -0.1) is 0 Å². The van der Waals surface area contributed by atoms with E-state index in [-0.39, 0.29) is 19.0 Å².